The van der Waals surface area contributed by atoms with Gasteiger partial charge < -0.3 is 4.90 Å². The first-order valence-electron chi connectivity index (χ1n) is 6.42. The van der Waals surface area contributed by atoms with Crippen LogP contribution in [0.3, 0.4) is 0 Å². The smallest absolute Gasteiger partial charge is 0.129 e. The number of benzene rings is 1. The second kappa shape index (κ2) is 6.10. The van der Waals surface area contributed by atoms with Gasteiger partial charge in [0.15, 0.2) is 0 Å². The molecule has 1 fully saturated rings. The van der Waals surface area contributed by atoms with Gasteiger partial charge >= 0.3 is 0 Å². The number of rotatable bonds is 4. The van der Waals surface area contributed by atoms with Crippen LogP contribution in [0, 0.1) is 11.6 Å². The minimum Gasteiger partial charge on any atom is -0.303 e. The van der Waals surface area contributed by atoms with E-state index in [1.807, 2.05) is 0 Å². The van der Waals surface area contributed by atoms with Crippen LogP contribution in [0.4, 0.5) is 8.78 Å². The van der Waals surface area contributed by atoms with Gasteiger partial charge in [0.2, 0.25) is 0 Å². The van der Waals surface area contributed by atoms with Gasteiger partial charge in [-0.25, -0.2) is 8.78 Å². The molecule has 94 valence electrons. The minimum absolute atomic E-state index is 0.240. The Hall–Kier alpha value is -0.960. The zero-order valence-corrected chi connectivity index (χ0v) is 10.1. The number of likely N-dealkylation sites (tertiary alicyclic amines) is 1. The predicted octanol–water partition coefficient (Wildman–Crippen LogP) is 3.38. The molecule has 0 saturated carbocycles. The molecule has 1 aromatic rings. The van der Waals surface area contributed by atoms with E-state index in [1.54, 1.807) is 0 Å². The molecule has 3 heteroatoms. The van der Waals surface area contributed by atoms with Gasteiger partial charge in [0.05, 0.1) is 0 Å². The Morgan fingerprint density at radius 1 is 1.00 bits per heavy atom. The molecule has 0 bridgehead atoms. The van der Waals surface area contributed by atoms with Crippen molar-refractivity contribution in [3.05, 3.63) is 35.4 Å². The number of hydrogen-bond donors (Lipinski definition) is 0. The fourth-order valence-electron chi connectivity index (χ4n) is 2.43. The summed E-state index contributed by atoms with van der Waals surface area (Å²) in [4.78, 5) is 2.39. The lowest BCUT2D eigenvalue weighted by atomic mass is 10.1. The SMILES string of the molecule is Fc1cccc(F)c1CCCN1CCCCC1. The summed E-state index contributed by atoms with van der Waals surface area (Å²) in [6, 6.07) is 4.08. The molecule has 1 saturated heterocycles. The lowest BCUT2D eigenvalue weighted by Gasteiger charge is -2.26. The molecule has 0 N–H and O–H groups in total. The number of piperidine rings is 1. The van der Waals surface area contributed by atoms with E-state index in [2.05, 4.69) is 4.90 Å². The summed E-state index contributed by atoms with van der Waals surface area (Å²) in [6.45, 7) is 3.23. The van der Waals surface area contributed by atoms with Crippen molar-refractivity contribution in [3.8, 4) is 0 Å². The molecule has 0 spiro atoms. The molecule has 2 rings (SSSR count). The summed E-state index contributed by atoms with van der Waals surface area (Å²) in [5.74, 6) is -0.827. The highest BCUT2D eigenvalue weighted by Crippen LogP contribution is 2.15. The van der Waals surface area contributed by atoms with Crippen molar-refractivity contribution >= 4 is 0 Å². The van der Waals surface area contributed by atoms with Crippen LogP contribution in [0.1, 0.15) is 31.2 Å². The van der Waals surface area contributed by atoms with E-state index in [1.165, 1.54) is 37.5 Å². The molecule has 0 aliphatic carbocycles. The molecule has 0 radical (unpaired) electrons. The van der Waals surface area contributed by atoms with Crippen molar-refractivity contribution in [1.82, 2.24) is 4.90 Å². The highest BCUT2D eigenvalue weighted by Gasteiger charge is 2.11. The van der Waals surface area contributed by atoms with Crippen molar-refractivity contribution in [2.45, 2.75) is 32.1 Å². The van der Waals surface area contributed by atoms with Gasteiger partial charge in [-0.05, 0) is 57.5 Å². The third-order valence-electron chi connectivity index (χ3n) is 3.41. The Morgan fingerprint density at radius 3 is 2.29 bits per heavy atom. The Labute approximate surface area is 101 Å². The molecule has 1 nitrogen and oxygen atoms in total. The van der Waals surface area contributed by atoms with Crippen LogP contribution >= 0.6 is 0 Å². The van der Waals surface area contributed by atoms with Gasteiger partial charge in [-0.1, -0.05) is 12.5 Å². The lowest BCUT2D eigenvalue weighted by molar-refractivity contribution is 0.226. The Morgan fingerprint density at radius 2 is 1.65 bits per heavy atom. The third-order valence-corrected chi connectivity index (χ3v) is 3.41. The first kappa shape index (κ1) is 12.5. The monoisotopic (exact) mass is 239 g/mol. The molecule has 0 unspecified atom stereocenters. The highest BCUT2D eigenvalue weighted by molar-refractivity contribution is 5.19. The number of nitrogens with zero attached hydrogens (tertiary/aromatic N) is 1. The quantitative estimate of drug-likeness (QED) is 0.778. The van der Waals surface area contributed by atoms with E-state index in [9.17, 15) is 8.78 Å². The van der Waals surface area contributed by atoms with Crippen molar-refractivity contribution in [3.63, 3.8) is 0 Å². The first-order chi connectivity index (χ1) is 8.27. The molecule has 1 heterocycles. The summed E-state index contributed by atoms with van der Waals surface area (Å²) >= 11 is 0. The van der Waals surface area contributed by atoms with Gasteiger partial charge in [-0.3, -0.25) is 0 Å². The average Bonchev–Trinajstić information content (AvgIpc) is 2.34. The molecular weight excluding hydrogens is 220 g/mol. The second-order valence-electron chi connectivity index (χ2n) is 4.71. The zero-order valence-electron chi connectivity index (χ0n) is 10.1. The lowest BCUT2D eigenvalue weighted by Crippen LogP contribution is -2.30. The highest BCUT2D eigenvalue weighted by atomic mass is 19.1. The Bertz CT molecular complexity index is 339. The number of hydrogen-bond acceptors (Lipinski definition) is 1. The fraction of sp³-hybridized carbons (Fsp3) is 0.571. The average molecular weight is 239 g/mol. The first-order valence-corrected chi connectivity index (χ1v) is 6.42. The van der Waals surface area contributed by atoms with Gasteiger partial charge in [0, 0.05) is 5.56 Å². The Balaban J connectivity index is 1.81. The van der Waals surface area contributed by atoms with Crippen LogP contribution in [0.2, 0.25) is 0 Å². The summed E-state index contributed by atoms with van der Waals surface area (Å²) in [5, 5.41) is 0. The summed E-state index contributed by atoms with van der Waals surface area (Å²) in [6.07, 6.45) is 5.16. The largest absolute Gasteiger partial charge is 0.303 e. The maximum absolute atomic E-state index is 13.4. The van der Waals surface area contributed by atoms with E-state index in [4.69, 9.17) is 0 Å². The van der Waals surface area contributed by atoms with Crippen molar-refractivity contribution in [1.29, 1.82) is 0 Å². The van der Waals surface area contributed by atoms with Crippen LogP contribution in [-0.4, -0.2) is 24.5 Å². The summed E-state index contributed by atoms with van der Waals surface area (Å²) in [7, 11) is 0. The van der Waals surface area contributed by atoms with Crippen LogP contribution in [-0.2, 0) is 6.42 Å². The third kappa shape index (κ3) is 3.50. The summed E-state index contributed by atoms with van der Waals surface area (Å²) < 4.78 is 26.7. The van der Waals surface area contributed by atoms with Crippen molar-refractivity contribution in [2.24, 2.45) is 0 Å². The topological polar surface area (TPSA) is 3.24 Å². The van der Waals surface area contributed by atoms with E-state index in [0.717, 1.165) is 26.1 Å². The molecular formula is C14H19F2N. The predicted molar refractivity (Wildman–Crippen MR) is 65.0 cm³/mol. The molecule has 0 aromatic heterocycles. The molecule has 1 aliphatic rings. The van der Waals surface area contributed by atoms with E-state index >= 15 is 0 Å². The fourth-order valence-corrected chi connectivity index (χ4v) is 2.43. The van der Waals surface area contributed by atoms with Crippen LogP contribution in [0.15, 0.2) is 18.2 Å². The normalized spacial score (nSPS) is 17.3. The van der Waals surface area contributed by atoms with E-state index in [0.29, 0.717) is 6.42 Å². The second-order valence-corrected chi connectivity index (χ2v) is 4.71. The van der Waals surface area contributed by atoms with Gasteiger partial charge in [-0.15, -0.1) is 0 Å². The van der Waals surface area contributed by atoms with Gasteiger partial charge in [0.25, 0.3) is 0 Å². The maximum Gasteiger partial charge on any atom is 0.129 e. The van der Waals surface area contributed by atoms with Crippen LogP contribution in [0.5, 0.6) is 0 Å². The van der Waals surface area contributed by atoms with Gasteiger partial charge in [-0.2, -0.15) is 0 Å². The van der Waals surface area contributed by atoms with Crippen LogP contribution < -0.4 is 0 Å². The Kier molecular flexibility index (Phi) is 4.49. The molecule has 1 aliphatic heterocycles. The zero-order chi connectivity index (χ0) is 12.1. The summed E-state index contributed by atoms with van der Waals surface area (Å²) in [5.41, 5.74) is 0.240. The molecule has 1 aromatic carbocycles. The molecule has 0 amide bonds. The van der Waals surface area contributed by atoms with Crippen LogP contribution in [0.25, 0.3) is 0 Å². The molecule has 17 heavy (non-hydrogen) atoms. The maximum atomic E-state index is 13.4. The number of halogens is 2. The van der Waals surface area contributed by atoms with Crippen molar-refractivity contribution in [2.75, 3.05) is 19.6 Å². The van der Waals surface area contributed by atoms with Crippen molar-refractivity contribution < 1.29 is 8.78 Å². The van der Waals surface area contributed by atoms with E-state index < -0.39 is 11.6 Å². The standard InChI is InChI=1S/C14H19F2N/c15-13-7-4-8-14(16)12(13)6-5-11-17-9-2-1-3-10-17/h4,7-8H,1-3,5-6,9-11H2. The van der Waals surface area contributed by atoms with Gasteiger partial charge in [0.1, 0.15) is 11.6 Å². The molecule has 0 atom stereocenters. The van der Waals surface area contributed by atoms with E-state index in [-0.39, 0.29) is 5.56 Å². The minimum atomic E-state index is -0.413.